The van der Waals surface area contributed by atoms with Crippen LogP contribution in [-0.2, 0) is 27.7 Å². The Kier molecular flexibility index (Phi) is 9.21. The summed E-state index contributed by atoms with van der Waals surface area (Å²) in [6, 6.07) is 10.5. The maximum atomic E-state index is 16.0. The number of hydrogen-bond acceptors (Lipinski definition) is 7. The fourth-order valence-electron chi connectivity index (χ4n) is 6.02. The van der Waals surface area contributed by atoms with Crippen LogP contribution in [0.2, 0.25) is 0 Å². The Morgan fingerprint density at radius 1 is 1.04 bits per heavy atom. The van der Waals surface area contributed by atoms with E-state index >= 15 is 4.39 Å². The van der Waals surface area contributed by atoms with Gasteiger partial charge in [0, 0.05) is 53.3 Å². The maximum Gasteiger partial charge on any atom is 0.341 e. The van der Waals surface area contributed by atoms with E-state index < -0.39 is 38.0 Å². The molecule has 3 heterocycles. The number of rotatable bonds is 10. The zero-order valence-electron chi connectivity index (χ0n) is 25.9. The molecule has 4 aromatic rings. The van der Waals surface area contributed by atoms with Gasteiger partial charge in [0.25, 0.3) is 5.91 Å². The number of anilines is 1. The predicted octanol–water partition coefficient (Wildman–Crippen LogP) is 6.66. The Hall–Kier alpha value is -4.10. The van der Waals surface area contributed by atoms with Crippen molar-refractivity contribution < 1.29 is 35.5 Å². The number of aromatic nitrogens is 2. The van der Waals surface area contributed by atoms with Crippen molar-refractivity contribution in [2.24, 2.45) is 11.8 Å². The summed E-state index contributed by atoms with van der Waals surface area (Å²) in [6.07, 6.45) is 4.22. The lowest BCUT2D eigenvalue weighted by Crippen LogP contribution is -2.39. The van der Waals surface area contributed by atoms with Crippen molar-refractivity contribution in [2.45, 2.75) is 63.0 Å². The Morgan fingerprint density at radius 3 is 2.49 bits per heavy atom. The highest BCUT2D eigenvalue weighted by Crippen LogP contribution is 2.32. The standard InChI is InChI=1S/C34H34F4N4O4S/c1-19-7-20(2)17-42(16-19)31-12-24(35)11-30(41-31)28-6-3-22-14-39-25(13-29(22)32(28)36)15-40-33(43)23-8-21(18-46-26-4-5-26)9-27(10-23)47(44,45)34(37)38/h3,6,8-14,19-20,26,34H,4-5,7,15-18H2,1-2H3,(H,40,43)/t19-,20+. The number of amides is 1. The van der Waals surface area contributed by atoms with E-state index in [0.717, 1.165) is 44.5 Å². The lowest BCUT2D eigenvalue weighted by atomic mass is 9.92. The van der Waals surface area contributed by atoms with Crippen molar-refractivity contribution in [1.82, 2.24) is 15.3 Å². The normalized spacial score (nSPS) is 18.6. The maximum absolute atomic E-state index is 16.0. The average Bonchev–Trinajstić information content (AvgIpc) is 3.87. The SMILES string of the molecule is C[C@@H]1C[C@H](C)CN(c2cc(F)cc(-c3ccc4cnc(CNC(=O)c5cc(COC6CC6)cc(S(=O)(=O)C(F)F)c5)cc4c3F)n2)C1. The second kappa shape index (κ2) is 13.2. The molecule has 47 heavy (non-hydrogen) atoms. The first kappa shape index (κ1) is 32.8. The molecule has 2 aliphatic rings. The summed E-state index contributed by atoms with van der Waals surface area (Å²) in [6.45, 7) is 5.51. The van der Waals surface area contributed by atoms with Crippen LogP contribution in [0.4, 0.5) is 23.4 Å². The number of benzene rings is 2. The van der Waals surface area contributed by atoms with Crippen molar-refractivity contribution in [3.05, 3.63) is 83.2 Å². The summed E-state index contributed by atoms with van der Waals surface area (Å²) in [4.78, 5) is 23.3. The molecule has 2 fully saturated rings. The number of halogens is 4. The number of piperidine rings is 1. The number of hydrogen-bond donors (Lipinski definition) is 1. The predicted molar refractivity (Wildman–Crippen MR) is 169 cm³/mol. The molecular formula is C34H34F4N4O4S. The summed E-state index contributed by atoms with van der Waals surface area (Å²) in [5.74, 6) is -4.29. The molecule has 8 nitrogen and oxygen atoms in total. The second-order valence-electron chi connectivity index (χ2n) is 12.6. The number of nitrogens with zero attached hydrogens (tertiary/aromatic N) is 3. The van der Waals surface area contributed by atoms with Gasteiger partial charge in [0.1, 0.15) is 17.5 Å². The molecule has 1 amide bonds. The van der Waals surface area contributed by atoms with Crippen LogP contribution in [-0.4, -0.2) is 49.2 Å². The van der Waals surface area contributed by atoms with E-state index in [0.29, 0.717) is 23.0 Å². The fourth-order valence-corrected chi connectivity index (χ4v) is 6.83. The molecule has 6 rings (SSSR count). The van der Waals surface area contributed by atoms with Gasteiger partial charge in [0.2, 0.25) is 9.84 Å². The molecule has 0 unspecified atom stereocenters. The molecule has 248 valence electrons. The van der Waals surface area contributed by atoms with E-state index in [1.807, 2.05) is 4.90 Å². The smallest absolute Gasteiger partial charge is 0.341 e. The summed E-state index contributed by atoms with van der Waals surface area (Å²) in [5, 5.41) is 3.26. The zero-order valence-corrected chi connectivity index (χ0v) is 26.7. The summed E-state index contributed by atoms with van der Waals surface area (Å²) in [5.41, 5.74) is 0.647. The number of alkyl halides is 2. The van der Waals surface area contributed by atoms with E-state index in [-0.39, 0.29) is 52.7 Å². The van der Waals surface area contributed by atoms with E-state index in [2.05, 4.69) is 29.1 Å². The Balaban J connectivity index is 1.24. The highest BCUT2D eigenvalue weighted by atomic mass is 32.2. The number of ether oxygens (including phenoxy) is 1. The molecule has 1 saturated carbocycles. The summed E-state index contributed by atoms with van der Waals surface area (Å²) < 4.78 is 87.5. The van der Waals surface area contributed by atoms with Gasteiger partial charge in [0.05, 0.1) is 35.5 Å². The lowest BCUT2D eigenvalue weighted by Gasteiger charge is -2.36. The third-order valence-corrected chi connectivity index (χ3v) is 9.73. The summed E-state index contributed by atoms with van der Waals surface area (Å²) >= 11 is 0. The minimum absolute atomic E-state index is 0.0172. The van der Waals surface area contributed by atoms with Crippen molar-refractivity contribution >= 4 is 32.3 Å². The van der Waals surface area contributed by atoms with Gasteiger partial charge in [-0.3, -0.25) is 9.78 Å². The van der Waals surface area contributed by atoms with Crippen molar-refractivity contribution in [3.8, 4) is 11.3 Å². The van der Waals surface area contributed by atoms with Gasteiger partial charge in [-0.15, -0.1) is 0 Å². The molecule has 1 N–H and O–H groups in total. The minimum atomic E-state index is -4.97. The largest absolute Gasteiger partial charge is 0.374 e. The third-order valence-electron chi connectivity index (χ3n) is 8.37. The molecule has 1 aliphatic carbocycles. The van der Waals surface area contributed by atoms with Crippen LogP contribution in [0, 0.1) is 23.5 Å². The van der Waals surface area contributed by atoms with E-state index in [9.17, 15) is 26.4 Å². The molecule has 13 heteroatoms. The average molecular weight is 671 g/mol. The Morgan fingerprint density at radius 2 is 1.79 bits per heavy atom. The number of pyridine rings is 2. The molecule has 1 saturated heterocycles. The van der Waals surface area contributed by atoms with E-state index in [4.69, 9.17) is 4.74 Å². The monoisotopic (exact) mass is 670 g/mol. The first-order chi connectivity index (χ1) is 22.4. The number of nitrogens with one attached hydrogen (secondary N) is 1. The van der Waals surface area contributed by atoms with Crippen molar-refractivity contribution in [1.29, 1.82) is 0 Å². The van der Waals surface area contributed by atoms with E-state index in [1.54, 1.807) is 6.07 Å². The molecule has 2 aromatic carbocycles. The van der Waals surface area contributed by atoms with Crippen molar-refractivity contribution in [2.75, 3.05) is 18.0 Å². The van der Waals surface area contributed by atoms with Gasteiger partial charge >= 0.3 is 5.76 Å². The first-order valence-corrected chi connectivity index (χ1v) is 17.0. The molecule has 2 aromatic heterocycles. The Labute approximate surface area is 270 Å². The number of fused-ring (bicyclic) bond motifs is 1. The molecule has 0 bridgehead atoms. The summed E-state index contributed by atoms with van der Waals surface area (Å²) in [7, 11) is -4.97. The van der Waals surface area contributed by atoms with Gasteiger partial charge in [0.15, 0.2) is 0 Å². The zero-order chi connectivity index (χ0) is 33.5. The number of carbonyl (C=O) groups excluding carboxylic acids is 1. The van der Waals surface area contributed by atoms with Gasteiger partial charge in [-0.1, -0.05) is 19.9 Å². The van der Waals surface area contributed by atoms with Crippen LogP contribution in [0.5, 0.6) is 0 Å². The highest BCUT2D eigenvalue weighted by molar-refractivity contribution is 7.91. The van der Waals surface area contributed by atoms with Gasteiger partial charge in [-0.2, -0.15) is 8.78 Å². The minimum Gasteiger partial charge on any atom is -0.374 e. The Bertz CT molecular complexity index is 1930. The number of carbonyl (C=O) groups is 1. The number of sulfone groups is 1. The quantitative estimate of drug-likeness (QED) is 0.188. The van der Waals surface area contributed by atoms with Crippen LogP contribution < -0.4 is 10.2 Å². The van der Waals surface area contributed by atoms with Crippen LogP contribution in [0.25, 0.3) is 22.0 Å². The third kappa shape index (κ3) is 7.41. The molecule has 2 atom stereocenters. The van der Waals surface area contributed by atoms with Crippen LogP contribution in [0.3, 0.4) is 0 Å². The van der Waals surface area contributed by atoms with Crippen LogP contribution in [0.1, 0.15) is 54.7 Å². The molecule has 1 aliphatic heterocycles. The molecule has 0 spiro atoms. The van der Waals surface area contributed by atoms with Gasteiger partial charge < -0.3 is 15.0 Å². The van der Waals surface area contributed by atoms with Crippen LogP contribution in [0.15, 0.2) is 59.6 Å². The van der Waals surface area contributed by atoms with Crippen molar-refractivity contribution in [3.63, 3.8) is 0 Å². The molecule has 0 radical (unpaired) electrons. The lowest BCUT2D eigenvalue weighted by molar-refractivity contribution is 0.0948. The molecular weight excluding hydrogens is 636 g/mol. The van der Waals surface area contributed by atoms with E-state index in [1.165, 1.54) is 36.5 Å². The fraction of sp³-hybridized carbons (Fsp3) is 0.382. The highest BCUT2D eigenvalue weighted by Gasteiger charge is 2.29. The topological polar surface area (TPSA) is 101 Å². The van der Waals surface area contributed by atoms with Crippen LogP contribution >= 0.6 is 0 Å². The van der Waals surface area contributed by atoms with Gasteiger partial charge in [-0.25, -0.2) is 22.2 Å². The van der Waals surface area contributed by atoms with Gasteiger partial charge in [-0.05, 0) is 67.0 Å². The second-order valence-corrected chi connectivity index (χ2v) is 14.5. The first-order valence-electron chi connectivity index (χ1n) is 15.4.